The average Bonchev–Trinajstić information content (AvgIpc) is 1.96. The van der Waals surface area contributed by atoms with Crippen molar-refractivity contribution >= 4 is 15.9 Å². The predicted molar refractivity (Wildman–Crippen MR) is 50.0 cm³/mol. The molecule has 0 rings (SSSR count). The number of ketones is 1. The lowest BCUT2D eigenvalue weighted by Gasteiger charge is -2.10. The van der Waals surface area contributed by atoms with E-state index in [1.807, 2.05) is 0 Å². The fourth-order valence-corrected chi connectivity index (χ4v) is 1.68. The number of hydrogen-bond donors (Lipinski definition) is 1. The molecule has 0 bridgehead atoms. The van der Waals surface area contributed by atoms with Crippen molar-refractivity contribution in [1.82, 2.24) is 0 Å². The van der Waals surface area contributed by atoms with E-state index in [0.717, 1.165) is 6.08 Å². The van der Waals surface area contributed by atoms with E-state index in [1.54, 1.807) is 0 Å². The molecule has 1 atom stereocenters. The highest BCUT2D eigenvalue weighted by atomic mass is 32.2. The standard InChI is InChI=1S/C8H12O4S/c1-4-7(9)5-8(6(2)3)13(10,11)12/h4,8H,1-2,5H2,3H3,(H,10,11,12). The molecule has 0 spiro atoms. The van der Waals surface area contributed by atoms with Crippen LogP contribution in [0.3, 0.4) is 0 Å². The van der Waals surface area contributed by atoms with Crippen molar-refractivity contribution in [1.29, 1.82) is 0 Å². The minimum atomic E-state index is -4.24. The topological polar surface area (TPSA) is 71.4 Å². The molecule has 0 heterocycles. The predicted octanol–water partition coefficient (Wildman–Crippen LogP) is 0.964. The van der Waals surface area contributed by atoms with E-state index in [-0.39, 0.29) is 12.0 Å². The van der Waals surface area contributed by atoms with Gasteiger partial charge in [-0.3, -0.25) is 9.35 Å². The molecule has 0 radical (unpaired) electrons. The summed E-state index contributed by atoms with van der Waals surface area (Å²) < 4.78 is 30.2. The fourth-order valence-electron chi connectivity index (χ4n) is 0.800. The van der Waals surface area contributed by atoms with Gasteiger partial charge >= 0.3 is 0 Å². The summed E-state index contributed by atoms with van der Waals surface area (Å²) in [4.78, 5) is 10.8. The molecule has 4 nitrogen and oxygen atoms in total. The van der Waals surface area contributed by atoms with E-state index in [9.17, 15) is 13.2 Å². The molecule has 0 aromatic carbocycles. The zero-order valence-electron chi connectivity index (χ0n) is 7.36. The van der Waals surface area contributed by atoms with Crippen molar-refractivity contribution in [2.75, 3.05) is 0 Å². The molecule has 0 aromatic heterocycles. The van der Waals surface area contributed by atoms with Crippen LogP contribution in [-0.2, 0) is 14.9 Å². The molecular formula is C8H12O4S. The smallest absolute Gasteiger partial charge is 0.272 e. The van der Waals surface area contributed by atoms with Crippen LogP contribution in [0.4, 0.5) is 0 Å². The van der Waals surface area contributed by atoms with Gasteiger partial charge in [0.1, 0.15) is 5.25 Å². The molecule has 0 amide bonds. The van der Waals surface area contributed by atoms with Crippen LogP contribution < -0.4 is 0 Å². The number of carbonyl (C=O) groups excluding carboxylic acids is 1. The van der Waals surface area contributed by atoms with Crippen LogP contribution in [0.25, 0.3) is 0 Å². The van der Waals surface area contributed by atoms with Crippen LogP contribution in [0, 0.1) is 0 Å². The van der Waals surface area contributed by atoms with Crippen molar-refractivity contribution in [2.24, 2.45) is 0 Å². The van der Waals surface area contributed by atoms with Gasteiger partial charge in [-0.2, -0.15) is 8.42 Å². The third-order valence-corrected chi connectivity index (χ3v) is 2.81. The first kappa shape index (κ1) is 12.1. The minimum Gasteiger partial charge on any atom is -0.295 e. The van der Waals surface area contributed by atoms with Gasteiger partial charge in [0.15, 0.2) is 5.78 Å². The van der Waals surface area contributed by atoms with Crippen molar-refractivity contribution in [2.45, 2.75) is 18.6 Å². The first-order valence-corrected chi connectivity index (χ1v) is 5.06. The molecule has 0 aromatic rings. The van der Waals surface area contributed by atoms with Crippen LogP contribution in [0.1, 0.15) is 13.3 Å². The Bertz CT molecular complexity index is 326. The first-order chi connectivity index (χ1) is 5.79. The van der Waals surface area contributed by atoms with Gasteiger partial charge in [-0.15, -0.1) is 0 Å². The zero-order chi connectivity index (χ0) is 10.6. The molecule has 0 aliphatic carbocycles. The summed E-state index contributed by atoms with van der Waals surface area (Å²) in [5.74, 6) is -0.439. The zero-order valence-corrected chi connectivity index (χ0v) is 8.17. The van der Waals surface area contributed by atoms with Crippen LogP contribution in [0.2, 0.25) is 0 Å². The number of carbonyl (C=O) groups is 1. The molecular weight excluding hydrogens is 192 g/mol. The first-order valence-electron chi connectivity index (χ1n) is 3.56. The van der Waals surface area contributed by atoms with E-state index in [4.69, 9.17) is 4.55 Å². The normalized spacial score (nSPS) is 13.4. The molecule has 5 heteroatoms. The van der Waals surface area contributed by atoms with Crippen LogP contribution in [0.5, 0.6) is 0 Å². The lowest BCUT2D eigenvalue weighted by Crippen LogP contribution is -2.24. The third kappa shape index (κ3) is 4.00. The average molecular weight is 204 g/mol. The summed E-state index contributed by atoms with van der Waals surface area (Å²) in [5.41, 5.74) is 0.234. The summed E-state index contributed by atoms with van der Waals surface area (Å²) in [5, 5.41) is -1.22. The summed E-state index contributed by atoms with van der Waals surface area (Å²) in [7, 11) is -4.24. The monoisotopic (exact) mass is 204 g/mol. The van der Waals surface area contributed by atoms with Gasteiger partial charge in [0.25, 0.3) is 10.1 Å². The maximum absolute atomic E-state index is 10.8. The second-order valence-corrected chi connectivity index (χ2v) is 4.32. The van der Waals surface area contributed by atoms with E-state index >= 15 is 0 Å². The van der Waals surface area contributed by atoms with Gasteiger partial charge in [-0.1, -0.05) is 18.7 Å². The van der Waals surface area contributed by atoms with E-state index in [0.29, 0.717) is 0 Å². The molecule has 0 saturated carbocycles. The van der Waals surface area contributed by atoms with Crippen molar-refractivity contribution in [3.05, 3.63) is 24.8 Å². The largest absolute Gasteiger partial charge is 0.295 e. The summed E-state index contributed by atoms with van der Waals surface area (Å²) in [6.45, 7) is 8.02. The number of rotatable bonds is 5. The van der Waals surface area contributed by atoms with E-state index in [2.05, 4.69) is 13.2 Å². The Labute approximate surface area is 77.7 Å². The van der Waals surface area contributed by atoms with Gasteiger partial charge in [-0.25, -0.2) is 0 Å². The summed E-state index contributed by atoms with van der Waals surface area (Å²) >= 11 is 0. The van der Waals surface area contributed by atoms with Crippen molar-refractivity contribution < 1.29 is 17.8 Å². The Hall–Kier alpha value is -0.940. The SMILES string of the molecule is C=CC(=O)CC(C(=C)C)S(=O)(=O)O. The maximum atomic E-state index is 10.8. The van der Waals surface area contributed by atoms with Gasteiger partial charge in [0, 0.05) is 6.42 Å². The van der Waals surface area contributed by atoms with E-state index in [1.165, 1.54) is 6.92 Å². The van der Waals surface area contributed by atoms with Crippen molar-refractivity contribution in [3.8, 4) is 0 Å². The Kier molecular flexibility index (Phi) is 4.03. The molecule has 13 heavy (non-hydrogen) atoms. The quantitative estimate of drug-likeness (QED) is 0.411. The van der Waals surface area contributed by atoms with Gasteiger partial charge < -0.3 is 0 Å². The Morgan fingerprint density at radius 3 is 2.31 bits per heavy atom. The Morgan fingerprint density at radius 2 is 2.08 bits per heavy atom. The molecule has 0 aliphatic heterocycles. The fraction of sp³-hybridized carbons (Fsp3) is 0.375. The summed E-state index contributed by atoms with van der Waals surface area (Å²) in [6.07, 6.45) is 0.707. The number of hydrogen-bond acceptors (Lipinski definition) is 3. The highest BCUT2D eigenvalue weighted by molar-refractivity contribution is 7.86. The second-order valence-electron chi connectivity index (χ2n) is 2.72. The van der Waals surface area contributed by atoms with Gasteiger partial charge in [0.05, 0.1) is 0 Å². The van der Waals surface area contributed by atoms with Gasteiger partial charge in [0.2, 0.25) is 0 Å². The Balaban J connectivity index is 4.76. The van der Waals surface area contributed by atoms with Crippen LogP contribution in [0.15, 0.2) is 24.8 Å². The van der Waals surface area contributed by atoms with Crippen LogP contribution in [-0.4, -0.2) is 24.0 Å². The number of allylic oxidation sites excluding steroid dienone is 1. The maximum Gasteiger partial charge on any atom is 0.272 e. The lowest BCUT2D eigenvalue weighted by atomic mass is 10.1. The molecule has 1 N–H and O–H groups in total. The van der Waals surface area contributed by atoms with Crippen molar-refractivity contribution in [3.63, 3.8) is 0 Å². The lowest BCUT2D eigenvalue weighted by molar-refractivity contribution is -0.114. The van der Waals surface area contributed by atoms with E-state index < -0.39 is 21.2 Å². The highest BCUT2D eigenvalue weighted by Gasteiger charge is 2.25. The van der Waals surface area contributed by atoms with Crippen LogP contribution >= 0.6 is 0 Å². The molecule has 1 unspecified atom stereocenters. The summed E-state index contributed by atoms with van der Waals surface area (Å²) in [6, 6.07) is 0. The second kappa shape index (κ2) is 4.34. The Morgan fingerprint density at radius 1 is 1.62 bits per heavy atom. The molecule has 74 valence electrons. The van der Waals surface area contributed by atoms with Gasteiger partial charge in [-0.05, 0) is 13.0 Å². The highest BCUT2D eigenvalue weighted by Crippen LogP contribution is 2.13. The third-order valence-electron chi connectivity index (χ3n) is 1.52. The molecule has 0 saturated heterocycles. The molecule has 0 fully saturated rings. The minimum absolute atomic E-state index is 0.234. The molecule has 0 aliphatic rings.